The number of ether oxygens (including phenoxy) is 1. The first-order chi connectivity index (χ1) is 7.69. The van der Waals surface area contributed by atoms with E-state index in [-0.39, 0.29) is 18.1 Å². The SMILES string of the molecule is CCOC(=O)CN(CC)C(=O)c1cnsn1. The molecule has 1 aromatic rings. The van der Waals surface area contributed by atoms with Gasteiger partial charge in [0, 0.05) is 6.54 Å². The molecule has 88 valence electrons. The quantitative estimate of drug-likeness (QED) is 0.707. The van der Waals surface area contributed by atoms with Gasteiger partial charge in [0.25, 0.3) is 5.91 Å². The molecule has 0 aliphatic carbocycles. The molecule has 0 unspecified atom stereocenters. The predicted octanol–water partition coefficient (Wildman–Crippen LogP) is 0.563. The van der Waals surface area contributed by atoms with Crippen LogP contribution >= 0.6 is 11.7 Å². The Hall–Kier alpha value is -1.50. The third-order valence-electron chi connectivity index (χ3n) is 1.87. The van der Waals surface area contributed by atoms with Gasteiger partial charge in [-0.25, -0.2) is 0 Å². The Morgan fingerprint density at radius 2 is 2.25 bits per heavy atom. The summed E-state index contributed by atoms with van der Waals surface area (Å²) in [6.45, 7) is 4.19. The number of nitrogens with zero attached hydrogens (tertiary/aromatic N) is 3. The van der Waals surface area contributed by atoms with Crippen molar-refractivity contribution in [3.63, 3.8) is 0 Å². The molecule has 0 bridgehead atoms. The third kappa shape index (κ3) is 3.27. The number of carbonyl (C=O) groups is 2. The second kappa shape index (κ2) is 6.16. The van der Waals surface area contributed by atoms with E-state index in [0.717, 1.165) is 11.7 Å². The van der Waals surface area contributed by atoms with Crippen LogP contribution in [0.5, 0.6) is 0 Å². The molecule has 0 atom stereocenters. The number of hydrogen-bond acceptors (Lipinski definition) is 6. The van der Waals surface area contributed by atoms with Crippen molar-refractivity contribution in [2.45, 2.75) is 13.8 Å². The summed E-state index contributed by atoms with van der Waals surface area (Å²) in [4.78, 5) is 24.4. The Morgan fingerprint density at radius 1 is 1.50 bits per heavy atom. The molecule has 7 heteroatoms. The Bertz CT molecular complexity index is 353. The molecule has 0 aromatic carbocycles. The summed E-state index contributed by atoms with van der Waals surface area (Å²) < 4.78 is 12.3. The van der Waals surface area contributed by atoms with Crippen LogP contribution in [0.4, 0.5) is 0 Å². The summed E-state index contributed by atoms with van der Waals surface area (Å²) in [5.74, 6) is -0.717. The molecule has 0 saturated heterocycles. The van der Waals surface area contributed by atoms with Crippen molar-refractivity contribution >= 4 is 23.6 Å². The van der Waals surface area contributed by atoms with Crippen LogP contribution < -0.4 is 0 Å². The van der Waals surface area contributed by atoms with Gasteiger partial charge in [-0.05, 0) is 13.8 Å². The van der Waals surface area contributed by atoms with Gasteiger partial charge in [0.15, 0.2) is 5.69 Å². The monoisotopic (exact) mass is 243 g/mol. The van der Waals surface area contributed by atoms with Crippen molar-refractivity contribution in [3.05, 3.63) is 11.9 Å². The Labute approximate surface area is 97.5 Å². The smallest absolute Gasteiger partial charge is 0.325 e. The zero-order valence-corrected chi connectivity index (χ0v) is 9.99. The molecule has 0 aliphatic rings. The molecule has 0 spiro atoms. The number of esters is 1. The van der Waals surface area contributed by atoms with Crippen LogP contribution in [0.1, 0.15) is 24.3 Å². The molecule has 1 heterocycles. The van der Waals surface area contributed by atoms with Crippen molar-refractivity contribution in [3.8, 4) is 0 Å². The first-order valence-corrected chi connectivity index (χ1v) is 5.64. The van der Waals surface area contributed by atoms with Gasteiger partial charge in [-0.3, -0.25) is 9.59 Å². The van der Waals surface area contributed by atoms with Crippen LogP contribution in [0, 0.1) is 0 Å². The van der Waals surface area contributed by atoms with Crippen LogP contribution in [0.25, 0.3) is 0 Å². The molecule has 1 aromatic heterocycles. The molecule has 0 aliphatic heterocycles. The number of aromatic nitrogens is 2. The molecule has 0 saturated carbocycles. The molecule has 1 rings (SSSR count). The van der Waals surface area contributed by atoms with E-state index in [0.29, 0.717) is 13.2 Å². The average Bonchev–Trinajstić information content (AvgIpc) is 2.78. The van der Waals surface area contributed by atoms with Crippen LogP contribution in [0.2, 0.25) is 0 Å². The van der Waals surface area contributed by atoms with Crippen LogP contribution in [0.3, 0.4) is 0 Å². The van der Waals surface area contributed by atoms with Crippen molar-refractivity contribution < 1.29 is 14.3 Å². The summed E-state index contributed by atoms with van der Waals surface area (Å²) in [7, 11) is 0. The number of rotatable bonds is 5. The molecule has 0 N–H and O–H groups in total. The van der Waals surface area contributed by atoms with E-state index < -0.39 is 5.97 Å². The molecular formula is C9H13N3O3S. The van der Waals surface area contributed by atoms with Gasteiger partial charge in [-0.1, -0.05) is 0 Å². The number of amides is 1. The van der Waals surface area contributed by atoms with Gasteiger partial charge < -0.3 is 9.64 Å². The lowest BCUT2D eigenvalue weighted by molar-refractivity contribution is -0.143. The second-order valence-corrected chi connectivity index (χ2v) is 3.47. The highest BCUT2D eigenvalue weighted by Crippen LogP contribution is 2.02. The fourth-order valence-electron chi connectivity index (χ4n) is 1.11. The molecular weight excluding hydrogens is 230 g/mol. The zero-order chi connectivity index (χ0) is 12.0. The van der Waals surface area contributed by atoms with E-state index in [1.165, 1.54) is 11.1 Å². The predicted molar refractivity (Wildman–Crippen MR) is 58.1 cm³/mol. The highest BCUT2D eigenvalue weighted by atomic mass is 32.1. The second-order valence-electron chi connectivity index (χ2n) is 2.92. The minimum atomic E-state index is -0.416. The molecule has 0 radical (unpaired) electrons. The molecule has 16 heavy (non-hydrogen) atoms. The van der Waals surface area contributed by atoms with Gasteiger partial charge in [0.1, 0.15) is 6.54 Å². The summed E-state index contributed by atoms with van der Waals surface area (Å²) in [5, 5.41) is 0. The van der Waals surface area contributed by atoms with Crippen LogP contribution in [0.15, 0.2) is 6.20 Å². The lowest BCUT2D eigenvalue weighted by Gasteiger charge is -2.18. The van der Waals surface area contributed by atoms with Gasteiger partial charge in [-0.2, -0.15) is 8.75 Å². The number of hydrogen-bond donors (Lipinski definition) is 0. The van der Waals surface area contributed by atoms with Crippen molar-refractivity contribution in [1.82, 2.24) is 13.6 Å². The number of carbonyl (C=O) groups excluding carboxylic acids is 2. The van der Waals surface area contributed by atoms with E-state index in [9.17, 15) is 9.59 Å². The lowest BCUT2D eigenvalue weighted by atomic mass is 10.3. The van der Waals surface area contributed by atoms with Crippen molar-refractivity contribution in [1.29, 1.82) is 0 Å². The van der Waals surface area contributed by atoms with E-state index in [2.05, 4.69) is 8.75 Å². The minimum Gasteiger partial charge on any atom is -0.465 e. The summed E-state index contributed by atoms with van der Waals surface area (Å²) in [5.41, 5.74) is 0.260. The van der Waals surface area contributed by atoms with Crippen LogP contribution in [-0.4, -0.2) is 45.2 Å². The third-order valence-corrected chi connectivity index (χ3v) is 2.35. The Balaban J connectivity index is 2.61. The van der Waals surface area contributed by atoms with Crippen molar-refractivity contribution in [2.24, 2.45) is 0 Å². The summed E-state index contributed by atoms with van der Waals surface area (Å²) >= 11 is 0.961. The van der Waals surface area contributed by atoms with Gasteiger partial charge in [-0.15, -0.1) is 0 Å². The maximum atomic E-state index is 11.8. The summed E-state index contributed by atoms with van der Waals surface area (Å²) in [6, 6.07) is 0. The van der Waals surface area contributed by atoms with Gasteiger partial charge in [0.2, 0.25) is 0 Å². The highest BCUT2D eigenvalue weighted by Gasteiger charge is 2.19. The zero-order valence-electron chi connectivity index (χ0n) is 9.17. The largest absolute Gasteiger partial charge is 0.465 e. The summed E-state index contributed by atoms with van der Waals surface area (Å²) in [6.07, 6.45) is 1.39. The maximum absolute atomic E-state index is 11.8. The Kier molecular flexibility index (Phi) is 4.84. The van der Waals surface area contributed by atoms with Crippen molar-refractivity contribution in [2.75, 3.05) is 19.7 Å². The van der Waals surface area contributed by atoms with Crippen LogP contribution in [-0.2, 0) is 9.53 Å². The van der Waals surface area contributed by atoms with Gasteiger partial charge >= 0.3 is 5.97 Å². The maximum Gasteiger partial charge on any atom is 0.325 e. The highest BCUT2D eigenvalue weighted by molar-refractivity contribution is 6.99. The molecule has 6 nitrogen and oxygen atoms in total. The molecule has 1 amide bonds. The minimum absolute atomic E-state index is 0.0549. The number of likely N-dealkylation sites (N-methyl/N-ethyl adjacent to an activating group) is 1. The topological polar surface area (TPSA) is 72.4 Å². The van der Waals surface area contributed by atoms with E-state index >= 15 is 0 Å². The van der Waals surface area contributed by atoms with E-state index in [1.54, 1.807) is 13.8 Å². The van der Waals surface area contributed by atoms with E-state index in [4.69, 9.17) is 4.74 Å². The first-order valence-electron chi connectivity index (χ1n) is 4.91. The Morgan fingerprint density at radius 3 is 2.75 bits per heavy atom. The van der Waals surface area contributed by atoms with Gasteiger partial charge in [0.05, 0.1) is 24.5 Å². The normalized spacial score (nSPS) is 9.88. The van der Waals surface area contributed by atoms with E-state index in [1.807, 2.05) is 0 Å². The fourth-order valence-corrected chi connectivity index (χ4v) is 1.52. The average molecular weight is 243 g/mol. The molecule has 0 fully saturated rings. The fraction of sp³-hybridized carbons (Fsp3) is 0.556. The lowest BCUT2D eigenvalue weighted by Crippen LogP contribution is -2.36. The first kappa shape index (κ1) is 12.6. The standard InChI is InChI=1S/C9H13N3O3S/c1-3-12(6-8(13)15-4-2)9(14)7-5-10-16-11-7/h5H,3-4,6H2,1-2H3.